The first-order valence-electron chi connectivity index (χ1n) is 12.0. The molecule has 3 saturated heterocycles. The Hall–Kier alpha value is -2.83. The zero-order valence-electron chi connectivity index (χ0n) is 20.4. The number of carbonyl (C=O) groups is 3. The maximum Gasteiger partial charge on any atom is 0.408 e. The van der Waals surface area contributed by atoms with Crippen LogP contribution in [0.4, 0.5) is 4.79 Å². The molecule has 0 saturated carbocycles. The van der Waals surface area contributed by atoms with E-state index in [0.717, 1.165) is 12.0 Å². The number of likely N-dealkylation sites (tertiary alicyclic amines) is 3. The molecular formula is C25H32ClN5O4. The summed E-state index contributed by atoms with van der Waals surface area (Å²) in [6, 6.07) is 7.90. The zero-order valence-corrected chi connectivity index (χ0v) is 21.1. The number of hydrogen-bond donors (Lipinski definition) is 1. The van der Waals surface area contributed by atoms with Gasteiger partial charge in [0.15, 0.2) is 0 Å². The van der Waals surface area contributed by atoms with E-state index in [9.17, 15) is 19.6 Å². The summed E-state index contributed by atoms with van der Waals surface area (Å²) in [4.78, 5) is 44.5. The fraction of sp³-hybridized carbons (Fsp3) is 0.600. The second-order valence-corrected chi connectivity index (χ2v) is 10.8. The molecule has 1 N–H and O–H groups in total. The van der Waals surface area contributed by atoms with Crippen molar-refractivity contribution >= 4 is 29.5 Å². The van der Waals surface area contributed by atoms with Crippen LogP contribution in [0, 0.1) is 11.3 Å². The molecule has 3 aliphatic heterocycles. The summed E-state index contributed by atoms with van der Waals surface area (Å²) in [7, 11) is 0. The summed E-state index contributed by atoms with van der Waals surface area (Å²) in [6.45, 7) is 6.95. The van der Waals surface area contributed by atoms with Crippen LogP contribution in [0.5, 0.6) is 0 Å². The maximum atomic E-state index is 13.4. The molecule has 1 aromatic rings. The number of halogens is 1. The van der Waals surface area contributed by atoms with E-state index in [4.69, 9.17) is 16.3 Å². The highest BCUT2D eigenvalue weighted by molar-refractivity contribution is 6.31. The number of benzene rings is 1. The first kappa shape index (κ1) is 25.3. The number of piperazine rings is 1. The highest BCUT2D eigenvalue weighted by atomic mass is 35.5. The van der Waals surface area contributed by atoms with Crippen LogP contribution in [0.15, 0.2) is 24.3 Å². The van der Waals surface area contributed by atoms with Crippen LogP contribution < -0.4 is 5.32 Å². The van der Waals surface area contributed by atoms with Crippen molar-refractivity contribution in [1.82, 2.24) is 20.0 Å². The van der Waals surface area contributed by atoms with Crippen LogP contribution in [0.2, 0.25) is 5.02 Å². The molecule has 1 aromatic carbocycles. The SMILES string of the molecule is CC(C)(C)OC(=O)NC(CN1C[C@@H]2C[C@H]1C(=O)N2Cc1ccccc1Cl)C(=O)N1CCCC1C#N. The second-order valence-electron chi connectivity index (χ2n) is 10.4. The van der Waals surface area contributed by atoms with E-state index in [-0.39, 0.29) is 30.4 Å². The van der Waals surface area contributed by atoms with Gasteiger partial charge in [-0.3, -0.25) is 14.5 Å². The molecule has 4 rings (SSSR count). The lowest BCUT2D eigenvalue weighted by Gasteiger charge is -2.36. The van der Waals surface area contributed by atoms with Crippen LogP contribution in [0.25, 0.3) is 0 Å². The average molecular weight is 502 g/mol. The number of rotatable bonds is 6. The van der Waals surface area contributed by atoms with Crippen molar-refractivity contribution in [3.8, 4) is 6.07 Å². The van der Waals surface area contributed by atoms with E-state index in [0.29, 0.717) is 37.5 Å². The number of nitrogens with one attached hydrogen (secondary N) is 1. The number of hydrogen-bond acceptors (Lipinski definition) is 6. The topological polar surface area (TPSA) is 106 Å². The molecule has 188 valence electrons. The smallest absolute Gasteiger partial charge is 0.408 e. The lowest BCUT2D eigenvalue weighted by Crippen LogP contribution is -2.58. The van der Waals surface area contributed by atoms with Crippen LogP contribution in [0.1, 0.15) is 45.6 Å². The van der Waals surface area contributed by atoms with Gasteiger partial charge in [-0.15, -0.1) is 0 Å². The minimum atomic E-state index is -0.914. The summed E-state index contributed by atoms with van der Waals surface area (Å²) in [5, 5.41) is 12.8. The minimum absolute atomic E-state index is 0.000658. The average Bonchev–Trinajstić information content (AvgIpc) is 3.49. The third-order valence-electron chi connectivity index (χ3n) is 6.78. The third kappa shape index (κ3) is 5.54. The van der Waals surface area contributed by atoms with Crippen molar-refractivity contribution in [2.45, 2.75) is 76.3 Å². The van der Waals surface area contributed by atoms with Gasteiger partial charge in [0.2, 0.25) is 11.8 Å². The highest BCUT2D eigenvalue weighted by Gasteiger charge is 2.50. The van der Waals surface area contributed by atoms with Crippen LogP contribution >= 0.6 is 11.6 Å². The van der Waals surface area contributed by atoms with Gasteiger partial charge < -0.3 is 19.9 Å². The van der Waals surface area contributed by atoms with Gasteiger partial charge in [-0.2, -0.15) is 5.26 Å². The molecule has 9 nitrogen and oxygen atoms in total. The van der Waals surface area contributed by atoms with Crippen LogP contribution in [0.3, 0.4) is 0 Å². The maximum absolute atomic E-state index is 13.4. The zero-order chi connectivity index (χ0) is 25.3. The van der Waals surface area contributed by atoms with Crippen molar-refractivity contribution in [1.29, 1.82) is 5.26 Å². The molecule has 3 heterocycles. The molecule has 0 aliphatic carbocycles. The molecule has 3 amide bonds. The Morgan fingerprint density at radius 3 is 2.71 bits per heavy atom. The fourth-order valence-electron chi connectivity index (χ4n) is 5.19. The third-order valence-corrected chi connectivity index (χ3v) is 7.15. The molecule has 0 aromatic heterocycles. The molecule has 10 heteroatoms. The predicted molar refractivity (Wildman–Crippen MR) is 129 cm³/mol. The molecule has 4 atom stereocenters. The number of nitrogens with zero attached hydrogens (tertiary/aromatic N) is 4. The van der Waals surface area contributed by atoms with E-state index < -0.39 is 23.8 Å². The van der Waals surface area contributed by atoms with Crippen molar-refractivity contribution in [3.05, 3.63) is 34.9 Å². The Morgan fingerprint density at radius 2 is 2.06 bits per heavy atom. The largest absolute Gasteiger partial charge is 0.444 e. The first-order chi connectivity index (χ1) is 16.6. The Bertz CT molecular complexity index is 1040. The van der Waals surface area contributed by atoms with E-state index in [1.807, 2.05) is 34.1 Å². The Morgan fingerprint density at radius 1 is 1.31 bits per heavy atom. The molecule has 3 aliphatic rings. The summed E-state index contributed by atoms with van der Waals surface area (Å²) in [5.74, 6) is -0.316. The van der Waals surface area contributed by atoms with Gasteiger partial charge in [-0.1, -0.05) is 29.8 Å². The molecule has 2 unspecified atom stereocenters. The van der Waals surface area contributed by atoms with Crippen molar-refractivity contribution < 1.29 is 19.1 Å². The van der Waals surface area contributed by atoms with Gasteiger partial charge in [0.05, 0.1) is 12.1 Å². The van der Waals surface area contributed by atoms with E-state index in [1.54, 1.807) is 20.8 Å². The lowest BCUT2D eigenvalue weighted by atomic mass is 10.1. The minimum Gasteiger partial charge on any atom is -0.444 e. The van der Waals surface area contributed by atoms with Gasteiger partial charge in [0.1, 0.15) is 17.7 Å². The van der Waals surface area contributed by atoms with E-state index in [1.165, 1.54) is 4.90 Å². The summed E-state index contributed by atoms with van der Waals surface area (Å²) in [6.07, 6.45) is 1.33. The van der Waals surface area contributed by atoms with Gasteiger partial charge in [0.25, 0.3) is 0 Å². The van der Waals surface area contributed by atoms with Crippen molar-refractivity contribution in [2.24, 2.45) is 0 Å². The number of fused-ring (bicyclic) bond motifs is 2. The monoisotopic (exact) mass is 501 g/mol. The first-order valence-corrected chi connectivity index (χ1v) is 12.4. The van der Waals surface area contributed by atoms with Gasteiger partial charge in [-0.05, 0) is 51.7 Å². The normalized spacial score (nSPS) is 25.0. The number of alkyl carbamates (subject to hydrolysis) is 1. The molecule has 3 fully saturated rings. The summed E-state index contributed by atoms with van der Waals surface area (Å²) >= 11 is 6.30. The Labute approximate surface area is 210 Å². The van der Waals surface area contributed by atoms with Gasteiger partial charge >= 0.3 is 6.09 Å². The predicted octanol–water partition coefficient (Wildman–Crippen LogP) is 2.53. The van der Waals surface area contributed by atoms with E-state index in [2.05, 4.69) is 11.4 Å². The van der Waals surface area contributed by atoms with Gasteiger partial charge in [0, 0.05) is 37.2 Å². The van der Waals surface area contributed by atoms with Gasteiger partial charge in [-0.25, -0.2) is 4.79 Å². The Kier molecular flexibility index (Phi) is 7.25. The summed E-state index contributed by atoms with van der Waals surface area (Å²) in [5.41, 5.74) is 0.181. The molecule has 35 heavy (non-hydrogen) atoms. The summed E-state index contributed by atoms with van der Waals surface area (Å²) < 4.78 is 5.38. The lowest BCUT2D eigenvalue weighted by molar-refractivity contribution is -0.140. The second kappa shape index (κ2) is 10.0. The fourth-order valence-corrected chi connectivity index (χ4v) is 5.38. The van der Waals surface area contributed by atoms with E-state index >= 15 is 0 Å². The number of nitriles is 1. The highest BCUT2D eigenvalue weighted by Crippen LogP contribution is 2.34. The van der Waals surface area contributed by atoms with Crippen LogP contribution in [-0.2, 0) is 20.9 Å². The molecule has 0 radical (unpaired) electrons. The van der Waals surface area contributed by atoms with Crippen molar-refractivity contribution in [2.75, 3.05) is 19.6 Å². The number of amides is 3. The molecule has 2 bridgehead atoms. The quantitative estimate of drug-likeness (QED) is 0.642. The standard InChI is InChI=1S/C25H32ClN5O4/c1-25(2,3)35-24(34)28-20(22(32)30-10-6-8-17(30)12-27)15-29-14-18-11-21(29)23(33)31(18)13-16-7-4-5-9-19(16)26/h4-5,7,9,17-18,20-21H,6,8,10-11,13-15H2,1-3H3,(H,28,34)/t17?,18-,20?,21-/m0/s1. The Balaban J connectivity index is 1.46. The number of ether oxygens (including phenoxy) is 1. The van der Waals surface area contributed by atoms with Crippen LogP contribution in [-0.4, -0.2) is 82.0 Å². The molecule has 0 spiro atoms. The molecular weight excluding hydrogens is 470 g/mol. The number of carbonyl (C=O) groups excluding carboxylic acids is 3. The van der Waals surface area contributed by atoms with Crippen molar-refractivity contribution in [3.63, 3.8) is 0 Å².